The van der Waals surface area contributed by atoms with Gasteiger partial charge in [-0.3, -0.25) is 9.78 Å². The smallest absolute Gasteiger partial charge is 0.343 e. The first-order chi connectivity index (χ1) is 16.9. The largest absolute Gasteiger partial charge is 0.462 e. The van der Waals surface area contributed by atoms with Crippen molar-refractivity contribution < 1.29 is 13.9 Å². The van der Waals surface area contributed by atoms with Crippen LogP contribution in [-0.4, -0.2) is 27.5 Å². The predicted octanol–water partition coefficient (Wildman–Crippen LogP) is 5.74. The standard InChI is InChI=1S/C28H22FN3O3/c1-4-35-28(34)20-14-30-24-19(27(20)33)13-21(29)25-26(24)32-23(18-11-7-16(3)8-12-18)22(31-25)17-9-5-15(2)6-10-17/h5-14,31H,4H2,1-3H3. The number of rotatable bonds is 4. The lowest BCUT2D eigenvalue weighted by atomic mass is 10.0. The molecular weight excluding hydrogens is 445 g/mol. The number of aryl methyl sites for hydroxylation is 2. The number of aromatic amines is 1. The Hall–Kier alpha value is -4.39. The van der Waals surface area contributed by atoms with Gasteiger partial charge in [-0.1, -0.05) is 59.7 Å². The average molecular weight is 468 g/mol. The summed E-state index contributed by atoms with van der Waals surface area (Å²) in [7, 11) is 0. The van der Waals surface area contributed by atoms with Gasteiger partial charge in [0.15, 0.2) is 0 Å². The van der Waals surface area contributed by atoms with E-state index in [1.165, 1.54) is 6.20 Å². The first-order valence-electron chi connectivity index (χ1n) is 11.2. The number of H-pyrrole nitrogens is 1. The van der Waals surface area contributed by atoms with Gasteiger partial charge in [-0.05, 0) is 26.8 Å². The third-order valence-electron chi connectivity index (χ3n) is 5.91. The number of carbonyl (C=O) groups is 1. The number of carbonyl (C=O) groups excluding carboxylic acids is 1. The van der Waals surface area contributed by atoms with Crippen LogP contribution >= 0.6 is 0 Å². The molecule has 1 N–H and O–H groups in total. The second kappa shape index (κ2) is 8.76. The SMILES string of the molecule is CCOC(=O)c1cnc2c(cc(F)c3[nH]c(-c4ccc(C)cc4)c(-c4ccc(C)cc4)nc32)c1=O. The van der Waals surface area contributed by atoms with Gasteiger partial charge in [0.1, 0.15) is 27.9 Å². The average Bonchev–Trinajstić information content (AvgIpc) is 2.85. The van der Waals surface area contributed by atoms with E-state index in [0.29, 0.717) is 11.4 Å². The topological polar surface area (TPSA) is 84.9 Å². The highest BCUT2D eigenvalue weighted by Crippen LogP contribution is 2.33. The second-order valence-corrected chi connectivity index (χ2v) is 8.39. The monoisotopic (exact) mass is 467 g/mol. The molecule has 6 nitrogen and oxygen atoms in total. The molecule has 0 saturated heterocycles. The number of esters is 1. The lowest BCUT2D eigenvalue weighted by Gasteiger charge is -2.14. The van der Waals surface area contributed by atoms with Gasteiger partial charge in [-0.2, -0.15) is 0 Å². The summed E-state index contributed by atoms with van der Waals surface area (Å²) in [5.41, 5.74) is 4.76. The van der Waals surface area contributed by atoms with Crippen molar-refractivity contribution in [1.29, 1.82) is 0 Å². The van der Waals surface area contributed by atoms with Crippen LogP contribution in [0.15, 0.2) is 65.6 Å². The number of fused-ring (bicyclic) bond motifs is 3. The van der Waals surface area contributed by atoms with Crippen LogP contribution in [0.3, 0.4) is 0 Å². The Kier molecular flexibility index (Phi) is 5.61. The highest BCUT2D eigenvalue weighted by molar-refractivity contribution is 6.05. The number of hydrogen-bond donors (Lipinski definition) is 1. The van der Waals surface area contributed by atoms with Crippen LogP contribution in [0.2, 0.25) is 0 Å². The van der Waals surface area contributed by atoms with E-state index in [1.54, 1.807) is 6.92 Å². The normalized spacial score (nSPS) is 11.2. The molecule has 0 bridgehead atoms. The number of ether oxygens (including phenoxy) is 1. The number of benzene rings is 3. The summed E-state index contributed by atoms with van der Waals surface area (Å²) in [5, 5.41) is -0.0283. The minimum Gasteiger partial charge on any atom is -0.462 e. The fraction of sp³-hybridized carbons (Fsp3) is 0.143. The molecule has 0 atom stereocenters. The Morgan fingerprint density at radius 2 is 1.60 bits per heavy atom. The lowest BCUT2D eigenvalue weighted by Crippen LogP contribution is -2.18. The van der Waals surface area contributed by atoms with Crippen molar-refractivity contribution in [3.63, 3.8) is 0 Å². The molecule has 0 aliphatic rings. The molecule has 0 fully saturated rings. The number of aromatic nitrogens is 3. The van der Waals surface area contributed by atoms with E-state index in [4.69, 9.17) is 9.72 Å². The number of pyridine rings is 1. The van der Waals surface area contributed by atoms with E-state index in [1.807, 2.05) is 62.4 Å². The number of nitrogens with one attached hydrogen (secondary N) is 1. The summed E-state index contributed by atoms with van der Waals surface area (Å²) in [6.07, 6.45) is 1.17. The Bertz CT molecular complexity index is 1660. The van der Waals surface area contributed by atoms with Crippen molar-refractivity contribution >= 4 is 27.9 Å². The van der Waals surface area contributed by atoms with Crippen molar-refractivity contribution in [2.24, 2.45) is 0 Å². The summed E-state index contributed by atoms with van der Waals surface area (Å²) in [4.78, 5) is 37.5. The van der Waals surface area contributed by atoms with E-state index in [-0.39, 0.29) is 34.1 Å². The zero-order valence-electron chi connectivity index (χ0n) is 19.5. The maximum atomic E-state index is 15.4. The van der Waals surface area contributed by atoms with E-state index in [2.05, 4.69) is 9.97 Å². The fourth-order valence-electron chi connectivity index (χ4n) is 4.05. The molecule has 5 rings (SSSR count). The predicted molar refractivity (Wildman–Crippen MR) is 134 cm³/mol. The molecule has 0 radical (unpaired) electrons. The van der Waals surface area contributed by atoms with Crippen molar-refractivity contribution in [1.82, 2.24) is 15.0 Å². The van der Waals surface area contributed by atoms with Crippen molar-refractivity contribution in [3.8, 4) is 22.5 Å². The number of hydrogen-bond acceptors (Lipinski definition) is 5. The molecule has 2 aromatic heterocycles. The van der Waals surface area contributed by atoms with E-state index >= 15 is 4.39 Å². The highest BCUT2D eigenvalue weighted by Gasteiger charge is 2.21. The van der Waals surface area contributed by atoms with Crippen LogP contribution in [0.5, 0.6) is 0 Å². The van der Waals surface area contributed by atoms with E-state index in [9.17, 15) is 9.59 Å². The maximum Gasteiger partial charge on any atom is 0.343 e. The Labute approximate surface area is 200 Å². The summed E-state index contributed by atoms with van der Waals surface area (Å²) in [6.45, 7) is 5.74. The van der Waals surface area contributed by atoms with Gasteiger partial charge >= 0.3 is 5.97 Å². The summed E-state index contributed by atoms with van der Waals surface area (Å²) in [5.74, 6) is -1.45. The van der Waals surface area contributed by atoms with Gasteiger partial charge in [0.25, 0.3) is 0 Å². The van der Waals surface area contributed by atoms with Gasteiger partial charge in [-0.15, -0.1) is 0 Å². The molecular formula is C28H22FN3O3. The first-order valence-corrected chi connectivity index (χ1v) is 11.2. The third kappa shape index (κ3) is 3.95. The molecule has 174 valence electrons. The summed E-state index contributed by atoms with van der Waals surface area (Å²) < 4.78 is 20.3. The summed E-state index contributed by atoms with van der Waals surface area (Å²) in [6, 6.07) is 16.8. The Morgan fingerprint density at radius 1 is 0.971 bits per heavy atom. The van der Waals surface area contributed by atoms with E-state index < -0.39 is 17.2 Å². The number of halogens is 1. The fourth-order valence-corrected chi connectivity index (χ4v) is 4.05. The zero-order chi connectivity index (χ0) is 24.7. The zero-order valence-corrected chi connectivity index (χ0v) is 19.5. The minimum atomic E-state index is -0.790. The Balaban J connectivity index is 1.85. The lowest BCUT2D eigenvalue weighted by molar-refractivity contribution is 0.0524. The van der Waals surface area contributed by atoms with Gasteiger partial charge in [0.2, 0.25) is 5.43 Å². The molecule has 0 unspecified atom stereocenters. The van der Waals surface area contributed by atoms with Crippen LogP contribution in [0.4, 0.5) is 4.39 Å². The maximum absolute atomic E-state index is 15.4. The Morgan fingerprint density at radius 3 is 2.23 bits per heavy atom. The van der Waals surface area contributed by atoms with Crippen molar-refractivity contribution in [3.05, 3.63) is 93.5 Å². The van der Waals surface area contributed by atoms with E-state index in [0.717, 1.165) is 28.3 Å². The highest BCUT2D eigenvalue weighted by atomic mass is 19.1. The molecule has 5 aromatic rings. The molecule has 35 heavy (non-hydrogen) atoms. The van der Waals surface area contributed by atoms with Crippen LogP contribution in [0.25, 0.3) is 44.5 Å². The molecule has 0 aliphatic heterocycles. The van der Waals surface area contributed by atoms with Crippen LogP contribution in [0.1, 0.15) is 28.4 Å². The number of nitrogens with zero attached hydrogens (tertiary/aromatic N) is 2. The van der Waals surface area contributed by atoms with Crippen LogP contribution in [-0.2, 0) is 4.74 Å². The molecule has 0 aliphatic carbocycles. The molecule has 0 saturated carbocycles. The van der Waals surface area contributed by atoms with Gasteiger partial charge < -0.3 is 9.72 Å². The molecule has 3 aromatic carbocycles. The molecule has 0 amide bonds. The van der Waals surface area contributed by atoms with Crippen molar-refractivity contribution in [2.75, 3.05) is 6.61 Å². The second-order valence-electron chi connectivity index (χ2n) is 8.39. The van der Waals surface area contributed by atoms with Crippen molar-refractivity contribution in [2.45, 2.75) is 20.8 Å². The minimum absolute atomic E-state index is 0.0283. The van der Waals surface area contributed by atoms with Gasteiger partial charge in [-0.25, -0.2) is 14.2 Å². The van der Waals surface area contributed by atoms with Crippen LogP contribution in [0, 0.1) is 19.7 Å². The van der Waals surface area contributed by atoms with Gasteiger partial charge in [0, 0.05) is 17.3 Å². The first kappa shape index (κ1) is 22.4. The molecule has 0 spiro atoms. The quantitative estimate of drug-likeness (QED) is 0.269. The molecule has 7 heteroatoms. The molecule has 2 heterocycles. The third-order valence-corrected chi connectivity index (χ3v) is 5.91. The summed E-state index contributed by atoms with van der Waals surface area (Å²) >= 11 is 0. The van der Waals surface area contributed by atoms with Gasteiger partial charge in [0.05, 0.1) is 23.4 Å². The van der Waals surface area contributed by atoms with Crippen LogP contribution < -0.4 is 5.43 Å².